The van der Waals surface area contributed by atoms with Crippen LogP contribution in [0.1, 0.15) is 0 Å². The van der Waals surface area contributed by atoms with Crippen LogP contribution in [0.3, 0.4) is 0 Å². The standard InChI is InChI=1S/C26H28N8O3/c1-3-23(36)28-18-5-4-6-20(15-18)37-25-21-9-10-34(17-35)24(21)30-26(31-25)29-19-7-8-22(27-16-19)33-13-11-32(2)12-14-33/h3-10,15-16,35H,1,11-14,17H2,2H3,(H,28,36)(H,29,30,31). The van der Waals surface area contributed by atoms with Gasteiger partial charge in [-0.25, -0.2) is 4.98 Å². The molecule has 37 heavy (non-hydrogen) atoms. The van der Waals surface area contributed by atoms with Gasteiger partial charge >= 0.3 is 0 Å². The molecule has 0 atom stereocenters. The van der Waals surface area contributed by atoms with Crippen LogP contribution in [0.5, 0.6) is 11.6 Å². The van der Waals surface area contributed by atoms with Crippen molar-refractivity contribution in [2.75, 3.05) is 48.8 Å². The predicted octanol–water partition coefficient (Wildman–Crippen LogP) is 3.19. The van der Waals surface area contributed by atoms with E-state index >= 15 is 0 Å². The molecule has 1 saturated heterocycles. The fourth-order valence-corrected chi connectivity index (χ4v) is 4.04. The molecule has 1 fully saturated rings. The fourth-order valence-electron chi connectivity index (χ4n) is 4.04. The number of aliphatic hydroxyl groups excluding tert-OH is 1. The van der Waals surface area contributed by atoms with Crippen LogP contribution in [0.25, 0.3) is 11.0 Å². The van der Waals surface area contributed by atoms with Gasteiger partial charge in [-0.05, 0) is 43.5 Å². The summed E-state index contributed by atoms with van der Waals surface area (Å²) in [6.07, 6.45) is 4.66. The Kier molecular flexibility index (Phi) is 6.97. The van der Waals surface area contributed by atoms with Crippen molar-refractivity contribution in [1.82, 2.24) is 24.4 Å². The van der Waals surface area contributed by atoms with Crippen LogP contribution in [0.2, 0.25) is 0 Å². The molecule has 11 nitrogen and oxygen atoms in total. The molecule has 1 amide bonds. The predicted molar refractivity (Wildman–Crippen MR) is 142 cm³/mol. The van der Waals surface area contributed by atoms with E-state index in [9.17, 15) is 9.90 Å². The van der Waals surface area contributed by atoms with E-state index in [-0.39, 0.29) is 12.6 Å². The molecule has 1 aromatic carbocycles. The van der Waals surface area contributed by atoms with E-state index in [1.54, 1.807) is 47.3 Å². The highest BCUT2D eigenvalue weighted by atomic mass is 16.5. The average molecular weight is 501 g/mol. The molecule has 4 heterocycles. The van der Waals surface area contributed by atoms with Crippen molar-refractivity contribution in [3.05, 3.63) is 67.5 Å². The van der Waals surface area contributed by atoms with Gasteiger partial charge in [-0.15, -0.1) is 0 Å². The van der Waals surface area contributed by atoms with Gasteiger partial charge in [0.25, 0.3) is 0 Å². The zero-order chi connectivity index (χ0) is 25.8. The first-order chi connectivity index (χ1) is 18.0. The van der Waals surface area contributed by atoms with E-state index in [0.29, 0.717) is 34.3 Å². The number of likely N-dealkylation sites (N-methyl/N-ethyl adjacent to an activating group) is 1. The van der Waals surface area contributed by atoms with Crippen molar-refractivity contribution < 1.29 is 14.6 Å². The van der Waals surface area contributed by atoms with E-state index in [1.807, 2.05) is 12.1 Å². The molecule has 0 radical (unpaired) electrons. The van der Waals surface area contributed by atoms with Crippen LogP contribution in [-0.4, -0.2) is 68.7 Å². The molecule has 3 aromatic heterocycles. The molecule has 4 aromatic rings. The lowest BCUT2D eigenvalue weighted by molar-refractivity contribution is -0.111. The molecule has 0 saturated carbocycles. The molecular weight excluding hydrogens is 472 g/mol. The average Bonchev–Trinajstić information content (AvgIpc) is 3.33. The summed E-state index contributed by atoms with van der Waals surface area (Å²) in [6.45, 7) is 7.11. The Labute approximate surface area is 214 Å². The number of piperazine rings is 1. The molecule has 3 N–H and O–H groups in total. The van der Waals surface area contributed by atoms with Crippen LogP contribution in [0.15, 0.2) is 67.5 Å². The van der Waals surface area contributed by atoms with Crippen molar-refractivity contribution in [1.29, 1.82) is 0 Å². The summed E-state index contributed by atoms with van der Waals surface area (Å²) in [5, 5.41) is 16.3. The van der Waals surface area contributed by atoms with Crippen molar-refractivity contribution >= 4 is 40.1 Å². The first kappa shape index (κ1) is 24.2. The molecule has 0 aliphatic carbocycles. The van der Waals surface area contributed by atoms with E-state index in [0.717, 1.165) is 37.7 Å². The molecule has 1 aliphatic heterocycles. The van der Waals surface area contributed by atoms with Crippen LogP contribution >= 0.6 is 0 Å². The SMILES string of the molecule is C=CC(=O)Nc1cccc(Oc2nc(Nc3ccc(N4CCN(C)CC4)nc3)nc3c2ccn3CO)c1. The maximum absolute atomic E-state index is 11.7. The summed E-state index contributed by atoms with van der Waals surface area (Å²) >= 11 is 0. The third kappa shape index (κ3) is 5.52. The number of fused-ring (bicyclic) bond motifs is 1. The summed E-state index contributed by atoms with van der Waals surface area (Å²) in [4.78, 5) is 30.0. The van der Waals surface area contributed by atoms with Crippen molar-refractivity contribution in [2.24, 2.45) is 0 Å². The highest BCUT2D eigenvalue weighted by Gasteiger charge is 2.17. The van der Waals surface area contributed by atoms with Crippen molar-refractivity contribution in [2.45, 2.75) is 6.73 Å². The zero-order valence-corrected chi connectivity index (χ0v) is 20.5. The molecule has 0 unspecified atom stereocenters. The van der Waals surface area contributed by atoms with Gasteiger partial charge in [0, 0.05) is 44.1 Å². The van der Waals surface area contributed by atoms with E-state index in [1.165, 1.54) is 6.08 Å². The number of pyridine rings is 1. The van der Waals surface area contributed by atoms with Crippen LogP contribution in [-0.2, 0) is 11.5 Å². The molecule has 1 aliphatic rings. The molecule has 0 spiro atoms. The summed E-state index contributed by atoms with van der Waals surface area (Å²) in [5.41, 5.74) is 1.79. The number of carbonyl (C=O) groups excluding carboxylic acids is 1. The number of carbonyl (C=O) groups is 1. The Bertz CT molecular complexity index is 1410. The Hall–Kier alpha value is -4.48. The van der Waals surface area contributed by atoms with Gasteiger partial charge in [0.1, 0.15) is 18.3 Å². The van der Waals surface area contributed by atoms with E-state index < -0.39 is 0 Å². The number of benzene rings is 1. The number of aromatic nitrogens is 4. The Balaban J connectivity index is 1.40. The lowest BCUT2D eigenvalue weighted by Crippen LogP contribution is -2.44. The quantitative estimate of drug-likeness (QED) is 0.313. The topological polar surface area (TPSA) is 121 Å². The monoisotopic (exact) mass is 500 g/mol. The molecule has 0 bridgehead atoms. The molecule has 5 rings (SSSR count). The van der Waals surface area contributed by atoms with Gasteiger partial charge in [-0.3, -0.25) is 4.79 Å². The second-order valence-corrected chi connectivity index (χ2v) is 8.66. The van der Waals surface area contributed by atoms with Gasteiger partial charge in [0.2, 0.25) is 17.7 Å². The number of hydrogen-bond donors (Lipinski definition) is 3. The van der Waals surface area contributed by atoms with Gasteiger partial charge < -0.3 is 34.8 Å². The minimum Gasteiger partial charge on any atom is -0.438 e. The number of anilines is 4. The number of nitrogens with zero attached hydrogens (tertiary/aromatic N) is 6. The molecule has 190 valence electrons. The summed E-state index contributed by atoms with van der Waals surface area (Å²) in [6, 6.07) is 12.6. The number of amides is 1. The van der Waals surface area contributed by atoms with Crippen LogP contribution in [0.4, 0.5) is 23.1 Å². The lowest BCUT2D eigenvalue weighted by atomic mass is 10.3. The second-order valence-electron chi connectivity index (χ2n) is 8.66. The number of nitrogens with one attached hydrogen (secondary N) is 2. The third-order valence-corrected chi connectivity index (χ3v) is 6.07. The first-order valence-electron chi connectivity index (χ1n) is 11.9. The third-order valence-electron chi connectivity index (χ3n) is 6.07. The van der Waals surface area contributed by atoms with Crippen molar-refractivity contribution in [3.63, 3.8) is 0 Å². The largest absolute Gasteiger partial charge is 0.438 e. The fraction of sp³-hybridized carbons (Fsp3) is 0.231. The van der Waals surface area contributed by atoms with Gasteiger partial charge in [-0.2, -0.15) is 9.97 Å². The molecule has 11 heteroatoms. The number of ether oxygens (including phenoxy) is 1. The Morgan fingerprint density at radius 2 is 1.97 bits per heavy atom. The van der Waals surface area contributed by atoms with Crippen LogP contribution in [0, 0.1) is 0 Å². The Morgan fingerprint density at radius 1 is 1.14 bits per heavy atom. The second kappa shape index (κ2) is 10.6. The smallest absolute Gasteiger partial charge is 0.247 e. The maximum atomic E-state index is 11.7. The maximum Gasteiger partial charge on any atom is 0.247 e. The lowest BCUT2D eigenvalue weighted by Gasteiger charge is -2.33. The van der Waals surface area contributed by atoms with E-state index in [4.69, 9.17) is 4.74 Å². The van der Waals surface area contributed by atoms with Gasteiger partial charge in [0.05, 0.1) is 17.3 Å². The Morgan fingerprint density at radius 3 is 2.70 bits per heavy atom. The van der Waals surface area contributed by atoms with E-state index in [2.05, 4.69) is 49.0 Å². The van der Waals surface area contributed by atoms with Gasteiger partial charge in [0.15, 0.2) is 5.65 Å². The highest BCUT2D eigenvalue weighted by molar-refractivity contribution is 5.99. The minimum absolute atomic E-state index is 0.246. The zero-order valence-electron chi connectivity index (χ0n) is 20.5. The summed E-state index contributed by atoms with van der Waals surface area (Å²) < 4.78 is 7.69. The highest BCUT2D eigenvalue weighted by Crippen LogP contribution is 2.31. The number of rotatable bonds is 8. The van der Waals surface area contributed by atoms with Gasteiger partial charge in [-0.1, -0.05) is 12.6 Å². The van der Waals surface area contributed by atoms with Crippen LogP contribution < -0.4 is 20.3 Å². The number of hydrogen-bond acceptors (Lipinski definition) is 9. The minimum atomic E-state index is -0.319. The first-order valence-corrected chi connectivity index (χ1v) is 11.9. The molecular formula is C26H28N8O3. The normalized spacial score (nSPS) is 13.9. The summed E-state index contributed by atoms with van der Waals surface area (Å²) in [7, 11) is 2.12. The summed E-state index contributed by atoms with van der Waals surface area (Å²) in [5.74, 6) is 1.68. The number of aliphatic hydroxyl groups is 1. The van der Waals surface area contributed by atoms with Crippen molar-refractivity contribution in [3.8, 4) is 11.6 Å².